The Morgan fingerprint density at radius 1 is 0.654 bits per heavy atom. The highest BCUT2D eigenvalue weighted by molar-refractivity contribution is 5.02. The zero-order valence-electron chi connectivity index (χ0n) is 17.2. The Labute approximate surface area is 162 Å². The number of rotatable bonds is 15. The third-order valence-electron chi connectivity index (χ3n) is 4.92. The zero-order chi connectivity index (χ0) is 19.8. The van der Waals surface area contributed by atoms with Crippen LogP contribution in [0.5, 0.6) is 0 Å². The van der Waals surface area contributed by atoms with Gasteiger partial charge in [0.05, 0.1) is 5.60 Å². The number of hydrogen-bond donors (Lipinski definition) is 1. The molecule has 1 N–H and O–H groups in total. The molecule has 0 aromatic rings. The predicted molar refractivity (Wildman–Crippen MR) is 118 cm³/mol. The second kappa shape index (κ2) is 14.6. The van der Waals surface area contributed by atoms with E-state index in [4.69, 9.17) is 0 Å². The molecule has 146 valence electrons. The van der Waals surface area contributed by atoms with E-state index in [2.05, 4.69) is 58.7 Å². The SMILES string of the molecule is C=CC=CC(C)CCC(O)(CCC(C)C=CC=C)CCC(C)C=CC=C. The van der Waals surface area contributed by atoms with Crippen molar-refractivity contribution in [1.82, 2.24) is 0 Å². The summed E-state index contributed by atoms with van der Waals surface area (Å²) in [5.41, 5.74) is -0.594. The van der Waals surface area contributed by atoms with Gasteiger partial charge in [-0.2, -0.15) is 0 Å². The van der Waals surface area contributed by atoms with E-state index in [-0.39, 0.29) is 0 Å². The standard InChI is InChI=1S/C25H40O/c1-7-10-13-22(4)16-19-25(26,20-17-23(5)14-11-8-2)21-18-24(6)15-12-9-3/h7-15,22-24,26H,1-3,16-21H2,4-6H3. The molecule has 26 heavy (non-hydrogen) atoms. The smallest absolute Gasteiger partial charge is 0.0648 e. The molecule has 0 aliphatic heterocycles. The van der Waals surface area contributed by atoms with Crippen LogP contribution in [0.1, 0.15) is 59.3 Å². The average molecular weight is 357 g/mol. The molecule has 0 saturated heterocycles. The van der Waals surface area contributed by atoms with E-state index in [9.17, 15) is 5.11 Å². The lowest BCUT2D eigenvalue weighted by atomic mass is 9.81. The molecule has 0 amide bonds. The maximum absolute atomic E-state index is 11.3. The summed E-state index contributed by atoms with van der Waals surface area (Å²) in [5, 5.41) is 11.3. The van der Waals surface area contributed by atoms with Gasteiger partial charge in [-0.15, -0.1) is 0 Å². The summed E-state index contributed by atoms with van der Waals surface area (Å²) in [6, 6.07) is 0. The van der Waals surface area contributed by atoms with E-state index in [0.717, 1.165) is 38.5 Å². The summed E-state index contributed by atoms with van der Waals surface area (Å²) >= 11 is 0. The average Bonchev–Trinajstić information content (AvgIpc) is 2.64. The summed E-state index contributed by atoms with van der Waals surface area (Å²) in [5.74, 6) is 1.36. The van der Waals surface area contributed by atoms with E-state index in [1.807, 2.05) is 36.5 Å². The van der Waals surface area contributed by atoms with Crippen molar-refractivity contribution in [1.29, 1.82) is 0 Å². The molecule has 1 heteroatoms. The Balaban J connectivity index is 4.81. The maximum Gasteiger partial charge on any atom is 0.0648 e. The molecule has 3 unspecified atom stereocenters. The lowest BCUT2D eigenvalue weighted by Crippen LogP contribution is -2.30. The number of hydrogen-bond acceptors (Lipinski definition) is 1. The topological polar surface area (TPSA) is 20.2 Å². The molecule has 3 atom stereocenters. The monoisotopic (exact) mass is 356 g/mol. The fourth-order valence-corrected chi connectivity index (χ4v) is 2.96. The largest absolute Gasteiger partial charge is 0.390 e. The molecular weight excluding hydrogens is 316 g/mol. The molecule has 0 heterocycles. The van der Waals surface area contributed by atoms with Crippen molar-refractivity contribution in [2.45, 2.75) is 64.9 Å². The lowest BCUT2D eigenvalue weighted by molar-refractivity contribution is 0.00263. The molecule has 0 bridgehead atoms. The van der Waals surface area contributed by atoms with Crippen molar-refractivity contribution in [3.8, 4) is 0 Å². The zero-order valence-corrected chi connectivity index (χ0v) is 17.2. The van der Waals surface area contributed by atoms with Crippen molar-refractivity contribution < 1.29 is 5.11 Å². The second-order valence-corrected chi connectivity index (χ2v) is 7.63. The Morgan fingerprint density at radius 3 is 1.15 bits per heavy atom. The van der Waals surface area contributed by atoms with Gasteiger partial charge in [-0.1, -0.05) is 95.2 Å². The van der Waals surface area contributed by atoms with Crippen molar-refractivity contribution in [3.63, 3.8) is 0 Å². The van der Waals surface area contributed by atoms with Crippen LogP contribution in [-0.4, -0.2) is 10.7 Å². The van der Waals surface area contributed by atoms with Crippen LogP contribution in [0, 0.1) is 17.8 Å². The third kappa shape index (κ3) is 12.7. The van der Waals surface area contributed by atoms with Crippen molar-refractivity contribution in [3.05, 3.63) is 74.4 Å². The summed E-state index contributed by atoms with van der Waals surface area (Å²) in [6.45, 7) is 17.8. The van der Waals surface area contributed by atoms with Gasteiger partial charge in [-0.3, -0.25) is 0 Å². The van der Waals surface area contributed by atoms with E-state index < -0.39 is 5.60 Å². The Hall–Kier alpha value is -1.60. The first-order chi connectivity index (χ1) is 12.4. The van der Waals surface area contributed by atoms with Gasteiger partial charge in [0.15, 0.2) is 0 Å². The molecule has 0 aromatic heterocycles. The van der Waals surface area contributed by atoms with Gasteiger partial charge in [0, 0.05) is 0 Å². The van der Waals surface area contributed by atoms with Crippen molar-refractivity contribution in [2.75, 3.05) is 0 Å². The normalized spacial score (nSPS) is 18.0. The summed E-state index contributed by atoms with van der Waals surface area (Å²) in [6.07, 6.45) is 23.4. The number of aliphatic hydroxyl groups is 1. The molecule has 0 saturated carbocycles. The van der Waals surface area contributed by atoms with Gasteiger partial charge in [0.1, 0.15) is 0 Å². The highest BCUT2D eigenvalue weighted by Gasteiger charge is 2.27. The molecule has 0 fully saturated rings. The molecule has 0 spiro atoms. The van der Waals surface area contributed by atoms with Gasteiger partial charge < -0.3 is 5.11 Å². The molecular formula is C25H40O. The van der Waals surface area contributed by atoms with Crippen molar-refractivity contribution >= 4 is 0 Å². The first-order valence-corrected chi connectivity index (χ1v) is 9.97. The minimum atomic E-state index is -0.594. The molecule has 0 radical (unpaired) electrons. The maximum atomic E-state index is 11.3. The van der Waals surface area contributed by atoms with E-state index in [1.54, 1.807) is 0 Å². The minimum absolute atomic E-state index is 0.454. The van der Waals surface area contributed by atoms with Crippen LogP contribution >= 0.6 is 0 Å². The summed E-state index contributed by atoms with van der Waals surface area (Å²) in [4.78, 5) is 0. The van der Waals surface area contributed by atoms with Gasteiger partial charge in [-0.05, 0) is 56.3 Å². The molecule has 1 nitrogen and oxygen atoms in total. The first kappa shape index (κ1) is 24.4. The van der Waals surface area contributed by atoms with E-state index in [0.29, 0.717) is 17.8 Å². The Bertz CT molecular complexity index is 411. The van der Waals surface area contributed by atoms with E-state index >= 15 is 0 Å². The van der Waals surface area contributed by atoms with Gasteiger partial charge >= 0.3 is 0 Å². The Kier molecular flexibility index (Phi) is 13.7. The lowest BCUT2D eigenvalue weighted by Gasteiger charge is -2.31. The van der Waals surface area contributed by atoms with Crippen LogP contribution in [0.4, 0.5) is 0 Å². The van der Waals surface area contributed by atoms with Crippen LogP contribution < -0.4 is 0 Å². The van der Waals surface area contributed by atoms with Crippen LogP contribution in [0.3, 0.4) is 0 Å². The molecule has 0 aliphatic carbocycles. The van der Waals surface area contributed by atoms with Gasteiger partial charge in [-0.25, -0.2) is 0 Å². The second-order valence-electron chi connectivity index (χ2n) is 7.63. The quantitative estimate of drug-likeness (QED) is 0.308. The minimum Gasteiger partial charge on any atom is -0.390 e. The predicted octanol–water partition coefficient (Wildman–Crippen LogP) is 7.19. The van der Waals surface area contributed by atoms with Crippen LogP contribution in [-0.2, 0) is 0 Å². The first-order valence-electron chi connectivity index (χ1n) is 9.97. The van der Waals surface area contributed by atoms with Gasteiger partial charge in [0.25, 0.3) is 0 Å². The van der Waals surface area contributed by atoms with Crippen LogP contribution in [0.15, 0.2) is 74.4 Å². The highest BCUT2D eigenvalue weighted by atomic mass is 16.3. The molecule has 0 aliphatic rings. The highest BCUT2D eigenvalue weighted by Crippen LogP contribution is 2.31. The summed E-state index contributed by atoms with van der Waals surface area (Å²) < 4.78 is 0. The molecule has 0 rings (SSSR count). The summed E-state index contributed by atoms with van der Waals surface area (Å²) in [7, 11) is 0. The van der Waals surface area contributed by atoms with Crippen molar-refractivity contribution in [2.24, 2.45) is 17.8 Å². The van der Waals surface area contributed by atoms with Crippen LogP contribution in [0.2, 0.25) is 0 Å². The van der Waals surface area contributed by atoms with Crippen LogP contribution in [0.25, 0.3) is 0 Å². The Morgan fingerprint density at radius 2 is 0.923 bits per heavy atom. The van der Waals surface area contributed by atoms with E-state index in [1.165, 1.54) is 0 Å². The van der Waals surface area contributed by atoms with Gasteiger partial charge in [0.2, 0.25) is 0 Å². The molecule has 0 aromatic carbocycles. The number of allylic oxidation sites excluding steroid dienone is 9. The fourth-order valence-electron chi connectivity index (χ4n) is 2.96. The third-order valence-corrected chi connectivity index (χ3v) is 4.92. The fraction of sp³-hybridized carbons (Fsp3) is 0.520.